The molecule has 0 saturated carbocycles. The molecule has 0 saturated heterocycles. The summed E-state index contributed by atoms with van der Waals surface area (Å²) < 4.78 is 18.7. The van der Waals surface area contributed by atoms with Gasteiger partial charge in [-0.15, -0.1) is 0 Å². The molecule has 3 N–H and O–H groups in total. The molecule has 0 aliphatic rings. The number of hydrogen-bond donors (Lipinski definition) is 2. The first-order valence-corrected chi connectivity index (χ1v) is 5.86. The predicted molar refractivity (Wildman–Crippen MR) is 68.9 cm³/mol. The second kappa shape index (κ2) is 5.87. The zero-order valence-corrected chi connectivity index (χ0v) is 10.7. The summed E-state index contributed by atoms with van der Waals surface area (Å²) in [7, 11) is 1.56. The van der Waals surface area contributed by atoms with Crippen molar-refractivity contribution < 1.29 is 9.13 Å². The fraction of sp³-hybridized carbons (Fsp3) is 0.538. The van der Waals surface area contributed by atoms with Gasteiger partial charge < -0.3 is 15.8 Å². The largest absolute Gasteiger partial charge is 0.497 e. The van der Waals surface area contributed by atoms with Gasteiger partial charge in [0.2, 0.25) is 0 Å². The van der Waals surface area contributed by atoms with Gasteiger partial charge >= 0.3 is 0 Å². The van der Waals surface area contributed by atoms with Gasteiger partial charge in [0, 0.05) is 18.2 Å². The Morgan fingerprint density at radius 1 is 1.47 bits per heavy atom. The van der Waals surface area contributed by atoms with E-state index in [-0.39, 0.29) is 11.4 Å². The lowest BCUT2D eigenvalue weighted by Crippen LogP contribution is -2.42. The summed E-state index contributed by atoms with van der Waals surface area (Å²) in [5, 5.41) is 3.17. The Hall–Kier alpha value is -1.29. The Balaban J connectivity index is 2.92. The van der Waals surface area contributed by atoms with Gasteiger partial charge in [0.05, 0.1) is 12.8 Å². The Morgan fingerprint density at radius 3 is 2.71 bits per heavy atom. The lowest BCUT2D eigenvalue weighted by atomic mass is 9.96. The van der Waals surface area contributed by atoms with Crippen LogP contribution in [0, 0.1) is 5.82 Å². The van der Waals surface area contributed by atoms with E-state index in [9.17, 15) is 4.39 Å². The molecule has 1 atom stereocenters. The maximum absolute atomic E-state index is 13.7. The third kappa shape index (κ3) is 3.60. The van der Waals surface area contributed by atoms with Crippen molar-refractivity contribution in [1.29, 1.82) is 0 Å². The average molecular weight is 240 g/mol. The number of halogens is 1. The fourth-order valence-electron chi connectivity index (χ4n) is 1.82. The minimum atomic E-state index is -0.290. The standard InChI is InChI=1S/C13H21FN2O/c1-4-7-13(2,9-15)16-12-8-10(17-3)5-6-11(12)14/h5-6,8,16H,4,7,9,15H2,1-3H3. The highest BCUT2D eigenvalue weighted by molar-refractivity contribution is 5.51. The number of benzene rings is 1. The van der Waals surface area contributed by atoms with Crippen LogP contribution in [0.1, 0.15) is 26.7 Å². The molecule has 3 nitrogen and oxygen atoms in total. The lowest BCUT2D eigenvalue weighted by Gasteiger charge is -2.30. The number of anilines is 1. The number of hydrogen-bond acceptors (Lipinski definition) is 3. The SMILES string of the molecule is CCCC(C)(CN)Nc1cc(OC)ccc1F. The summed E-state index contributed by atoms with van der Waals surface area (Å²) in [6.45, 7) is 4.53. The molecule has 0 amide bonds. The van der Waals surface area contributed by atoms with E-state index < -0.39 is 0 Å². The molecule has 1 aromatic rings. The monoisotopic (exact) mass is 240 g/mol. The zero-order valence-electron chi connectivity index (χ0n) is 10.7. The van der Waals surface area contributed by atoms with Crippen LogP contribution in [-0.2, 0) is 0 Å². The molecule has 0 aliphatic carbocycles. The van der Waals surface area contributed by atoms with Crippen LogP contribution >= 0.6 is 0 Å². The number of rotatable bonds is 6. The van der Waals surface area contributed by atoms with Crippen molar-refractivity contribution in [3.63, 3.8) is 0 Å². The van der Waals surface area contributed by atoms with Crippen LogP contribution in [0.5, 0.6) is 5.75 Å². The van der Waals surface area contributed by atoms with E-state index in [2.05, 4.69) is 12.2 Å². The van der Waals surface area contributed by atoms with Crippen LogP contribution in [0.3, 0.4) is 0 Å². The second-order valence-electron chi connectivity index (χ2n) is 4.49. The third-order valence-corrected chi connectivity index (χ3v) is 2.86. The highest BCUT2D eigenvalue weighted by atomic mass is 19.1. The van der Waals surface area contributed by atoms with Crippen molar-refractivity contribution in [2.24, 2.45) is 5.73 Å². The molecule has 0 spiro atoms. The van der Waals surface area contributed by atoms with Gasteiger partial charge in [0.1, 0.15) is 11.6 Å². The maximum atomic E-state index is 13.7. The van der Waals surface area contributed by atoms with Crippen molar-refractivity contribution in [2.75, 3.05) is 19.0 Å². The van der Waals surface area contributed by atoms with Gasteiger partial charge in [0.15, 0.2) is 0 Å². The Labute approximate surface area is 102 Å². The molecule has 96 valence electrons. The van der Waals surface area contributed by atoms with E-state index in [0.29, 0.717) is 18.0 Å². The van der Waals surface area contributed by atoms with Gasteiger partial charge in [-0.25, -0.2) is 4.39 Å². The summed E-state index contributed by atoms with van der Waals surface area (Å²) >= 11 is 0. The Morgan fingerprint density at radius 2 is 2.18 bits per heavy atom. The van der Waals surface area contributed by atoms with Gasteiger partial charge in [-0.05, 0) is 25.5 Å². The molecule has 0 heterocycles. The van der Waals surface area contributed by atoms with Crippen LogP contribution in [0.2, 0.25) is 0 Å². The highest BCUT2D eigenvalue weighted by Crippen LogP contribution is 2.25. The first-order chi connectivity index (χ1) is 8.04. The summed E-state index contributed by atoms with van der Waals surface area (Å²) in [6, 6.07) is 4.64. The van der Waals surface area contributed by atoms with Crippen LogP contribution in [0.15, 0.2) is 18.2 Å². The molecule has 0 bridgehead atoms. The molecule has 1 rings (SSSR count). The van der Waals surface area contributed by atoms with E-state index in [1.165, 1.54) is 6.07 Å². The molecule has 17 heavy (non-hydrogen) atoms. The Kier molecular flexibility index (Phi) is 4.75. The van der Waals surface area contributed by atoms with E-state index in [4.69, 9.17) is 10.5 Å². The van der Waals surface area contributed by atoms with E-state index in [1.54, 1.807) is 19.2 Å². The van der Waals surface area contributed by atoms with Crippen LogP contribution in [0.4, 0.5) is 10.1 Å². The topological polar surface area (TPSA) is 47.3 Å². The average Bonchev–Trinajstić information content (AvgIpc) is 2.32. The summed E-state index contributed by atoms with van der Waals surface area (Å²) in [5.74, 6) is 0.339. The summed E-state index contributed by atoms with van der Waals surface area (Å²) in [4.78, 5) is 0. The van der Waals surface area contributed by atoms with Crippen molar-refractivity contribution in [2.45, 2.75) is 32.2 Å². The molecule has 1 aromatic carbocycles. The number of nitrogens with two attached hydrogens (primary N) is 1. The minimum Gasteiger partial charge on any atom is -0.497 e. The molecular weight excluding hydrogens is 219 g/mol. The second-order valence-corrected chi connectivity index (χ2v) is 4.49. The first-order valence-electron chi connectivity index (χ1n) is 5.86. The quantitative estimate of drug-likeness (QED) is 0.803. The number of ether oxygens (including phenoxy) is 1. The molecule has 0 aromatic heterocycles. The van der Waals surface area contributed by atoms with Gasteiger partial charge in [-0.1, -0.05) is 13.3 Å². The number of methoxy groups -OCH3 is 1. The minimum absolute atomic E-state index is 0.290. The first kappa shape index (κ1) is 13.8. The summed E-state index contributed by atoms with van der Waals surface area (Å²) in [5.41, 5.74) is 5.89. The van der Waals surface area contributed by atoms with Crippen LogP contribution in [-0.4, -0.2) is 19.2 Å². The molecular formula is C13H21FN2O. The highest BCUT2D eigenvalue weighted by Gasteiger charge is 2.22. The van der Waals surface area contributed by atoms with Crippen molar-refractivity contribution in [3.05, 3.63) is 24.0 Å². The maximum Gasteiger partial charge on any atom is 0.146 e. The lowest BCUT2D eigenvalue weighted by molar-refractivity contribution is 0.413. The third-order valence-electron chi connectivity index (χ3n) is 2.86. The van der Waals surface area contributed by atoms with Crippen molar-refractivity contribution in [1.82, 2.24) is 0 Å². The van der Waals surface area contributed by atoms with Crippen LogP contribution < -0.4 is 15.8 Å². The van der Waals surface area contributed by atoms with Crippen molar-refractivity contribution >= 4 is 5.69 Å². The molecule has 4 heteroatoms. The van der Waals surface area contributed by atoms with Gasteiger partial charge in [-0.2, -0.15) is 0 Å². The predicted octanol–water partition coefficient (Wildman–Crippen LogP) is 2.76. The molecule has 0 radical (unpaired) electrons. The van der Waals surface area contributed by atoms with E-state index in [0.717, 1.165) is 12.8 Å². The van der Waals surface area contributed by atoms with Gasteiger partial charge in [0.25, 0.3) is 0 Å². The normalized spacial score (nSPS) is 14.2. The number of nitrogens with one attached hydrogen (secondary N) is 1. The smallest absolute Gasteiger partial charge is 0.146 e. The molecule has 0 aliphatic heterocycles. The Bertz CT molecular complexity index is 370. The zero-order chi connectivity index (χ0) is 12.9. The molecule has 0 fully saturated rings. The van der Waals surface area contributed by atoms with E-state index >= 15 is 0 Å². The summed E-state index contributed by atoms with van der Waals surface area (Å²) in [6.07, 6.45) is 1.88. The fourth-order valence-corrected chi connectivity index (χ4v) is 1.82. The van der Waals surface area contributed by atoms with E-state index in [1.807, 2.05) is 6.92 Å². The van der Waals surface area contributed by atoms with Gasteiger partial charge in [-0.3, -0.25) is 0 Å². The van der Waals surface area contributed by atoms with Crippen LogP contribution in [0.25, 0.3) is 0 Å². The van der Waals surface area contributed by atoms with Crippen molar-refractivity contribution in [3.8, 4) is 5.75 Å². The molecule has 1 unspecified atom stereocenters.